The van der Waals surface area contributed by atoms with Gasteiger partial charge in [-0.2, -0.15) is 0 Å². The second kappa shape index (κ2) is 10.0. The number of fused-ring (bicyclic) bond motifs is 9. The molecule has 0 radical (unpaired) electrons. The highest BCUT2D eigenvalue weighted by molar-refractivity contribution is 8.00. The van der Waals surface area contributed by atoms with Crippen LogP contribution in [0.2, 0.25) is 0 Å². The summed E-state index contributed by atoms with van der Waals surface area (Å²) in [4.78, 5) is 57.4. The van der Waals surface area contributed by atoms with Crippen LogP contribution in [0.4, 0.5) is 15.8 Å². The van der Waals surface area contributed by atoms with Crippen LogP contribution in [0.5, 0.6) is 0 Å². The largest absolute Gasteiger partial charge is 0.325 e. The zero-order chi connectivity index (χ0) is 29.6. The summed E-state index contributed by atoms with van der Waals surface area (Å²) >= 11 is 4.43. The van der Waals surface area contributed by atoms with Crippen molar-refractivity contribution in [1.82, 2.24) is 4.57 Å². The lowest BCUT2D eigenvalue weighted by atomic mass is 9.69. The molecule has 0 spiro atoms. The number of thiophene rings is 1. The minimum Gasteiger partial charge on any atom is -0.325 e. The number of halogens is 1. The Morgan fingerprint density at radius 2 is 1.77 bits per heavy atom. The maximum atomic E-state index is 13.8. The van der Waals surface area contributed by atoms with Crippen molar-refractivity contribution in [2.24, 2.45) is 29.6 Å². The number of carbonyl (C=O) groups is 3. The molecule has 8 rings (SSSR count). The molecule has 7 atom stereocenters. The van der Waals surface area contributed by atoms with Crippen LogP contribution in [0.25, 0.3) is 0 Å². The van der Waals surface area contributed by atoms with Gasteiger partial charge in [-0.15, -0.1) is 23.1 Å². The van der Waals surface area contributed by atoms with Gasteiger partial charge >= 0.3 is 4.87 Å². The Balaban J connectivity index is 1.15. The van der Waals surface area contributed by atoms with Gasteiger partial charge in [0.15, 0.2) is 0 Å². The molecular weight excluding hydrogens is 606 g/mol. The van der Waals surface area contributed by atoms with Crippen molar-refractivity contribution in [2.75, 3.05) is 10.2 Å². The Bertz CT molecular complexity index is 1850. The molecule has 218 valence electrons. The van der Waals surface area contributed by atoms with Crippen LogP contribution in [0.15, 0.2) is 75.9 Å². The standard InChI is InChI=1S/C32H26FN3O4S3/c1-15-4-2-5-17(12-15)34-22(37)14-35-31-28(43-32(35)40)26(21-6-3-11-41-21)23-19-13-20(27(23)42-31)25-24(19)29(38)36(30(25)39)18-9-7-16(33)8-10-18/h2-12,19-20,23-27H,13-14H2,1H3,(H,34,37). The quantitative estimate of drug-likeness (QED) is 0.284. The molecule has 7 nitrogen and oxygen atoms in total. The number of hydrogen-bond acceptors (Lipinski definition) is 7. The summed E-state index contributed by atoms with van der Waals surface area (Å²) in [5.41, 5.74) is 2.11. The number of aromatic nitrogens is 1. The number of thiazole rings is 1. The first kappa shape index (κ1) is 27.0. The first-order valence-corrected chi connectivity index (χ1v) is 16.8. The summed E-state index contributed by atoms with van der Waals surface area (Å²) in [6, 6.07) is 17.1. The van der Waals surface area contributed by atoms with Crippen LogP contribution >= 0.6 is 34.4 Å². The summed E-state index contributed by atoms with van der Waals surface area (Å²) in [5, 5.41) is 5.77. The van der Waals surface area contributed by atoms with Crippen LogP contribution in [0, 0.1) is 42.3 Å². The van der Waals surface area contributed by atoms with Crippen molar-refractivity contribution < 1.29 is 18.8 Å². The minimum absolute atomic E-state index is 0.00933. The Hall–Kier alpha value is -3.54. The summed E-state index contributed by atoms with van der Waals surface area (Å²) < 4.78 is 15.2. The van der Waals surface area contributed by atoms with Crippen molar-refractivity contribution in [1.29, 1.82) is 0 Å². The molecule has 2 bridgehead atoms. The number of thioether (sulfide) groups is 1. The van der Waals surface area contributed by atoms with Crippen LogP contribution in [-0.4, -0.2) is 27.5 Å². The maximum absolute atomic E-state index is 13.8. The Morgan fingerprint density at radius 3 is 2.49 bits per heavy atom. The van der Waals surface area contributed by atoms with E-state index in [0.717, 1.165) is 26.8 Å². The number of nitrogens with one attached hydrogen (secondary N) is 1. The van der Waals surface area contributed by atoms with E-state index >= 15 is 0 Å². The number of carbonyl (C=O) groups excluding carboxylic acids is 3. The van der Waals surface area contributed by atoms with E-state index in [1.807, 2.05) is 42.6 Å². The van der Waals surface area contributed by atoms with Crippen molar-refractivity contribution in [3.63, 3.8) is 0 Å². The van der Waals surface area contributed by atoms with Gasteiger partial charge in [0, 0.05) is 26.6 Å². The summed E-state index contributed by atoms with van der Waals surface area (Å²) in [6.45, 7) is 1.85. The summed E-state index contributed by atoms with van der Waals surface area (Å²) in [7, 11) is 0. The fraction of sp³-hybridized carbons (Fsp3) is 0.312. The van der Waals surface area contributed by atoms with Gasteiger partial charge in [0.2, 0.25) is 17.7 Å². The van der Waals surface area contributed by atoms with Crippen molar-refractivity contribution in [3.8, 4) is 0 Å². The monoisotopic (exact) mass is 631 g/mol. The normalized spacial score (nSPS) is 28.6. The molecular formula is C32H26FN3O4S3. The number of aryl methyl sites for hydroxylation is 1. The molecule has 3 amide bonds. The minimum atomic E-state index is -0.440. The molecule has 2 saturated carbocycles. The van der Waals surface area contributed by atoms with Crippen LogP contribution in [-0.2, 0) is 20.9 Å². The number of nitrogens with zero attached hydrogens (tertiary/aromatic N) is 2. The van der Waals surface area contributed by atoms with E-state index in [0.29, 0.717) is 11.4 Å². The van der Waals surface area contributed by atoms with E-state index in [-0.39, 0.29) is 58.1 Å². The molecule has 2 aliphatic carbocycles. The van der Waals surface area contributed by atoms with E-state index in [2.05, 4.69) is 11.4 Å². The third-order valence-electron chi connectivity index (χ3n) is 9.49. The van der Waals surface area contributed by atoms with Gasteiger partial charge in [-0.3, -0.25) is 28.6 Å². The molecule has 4 aromatic rings. The lowest BCUT2D eigenvalue weighted by Gasteiger charge is -2.42. The summed E-state index contributed by atoms with van der Waals surface area (Å²) in [6.07, 6.45) is 0.779. The maximum Gasteiger partial charge on any atom is 0.308 e. The van der Waals surface area contributed by atoms with E-state index in [1.54, 1.807) is 27.7 Å². The molecule has 4 aliphatic rings. The molecule has 3 fully saturated rings. The van der Waals surface area contributed by atoms with Gasteiger partial charge in [0.25, 0.3) is 0 Å². The van der Waals surface area contributed by atoms with Gasteiger partial charge in [-0.1, -0.05) is 29.5 Å². The number of imide groups is 1. The van der Waals surface area contributed by atoms with E-state index in [1.165, 1.54) is 40.5 Å². The number of anilines is 2. The molecule has 11 heteroatoms. The predicted molar refractivity (Wildman–Crippen MR) is 165 cm³/mol. The van der Waals surface area contributed by atoms with Crippen LogP contribution in [0.1, 0.15) is 27.7 Å². The zero-order valence-electron chi connectivity index (χ0n) is 22.9. The van der Waals surface area contributed by atoms with E-state index < -0.39 is 17.7 Å². The summed E-state index contributed by atoms with van der Waals surface area (Å²) in [5.74, 6) is -2.02. The third kappa shape index (κ3) is 4.12. The Labute approximate surface area is 258 Å². The average Bonchev–Trinajstić information content (AvgIpc) is 3.79. The zero-order valence-corrected chi connectivity index (χ0v) is 25.4. The molecule has 4 heterocycles. The number of benzene rings is 2. The molecule has 1 N–H and O–H groups in total. The fourth-order valence-corrected chi connectivity index (χ4v) is 12.1. The molecule has 2 aromatic heterocycles. The van der Waals surface area contributed by atoms with Gasteiger partial charge in [-0.05, 0) is 84.5 Å². The van der Waals surface area contributed by atoms with Crippen molar-refractivity contribution in [2.45, 2.75) is 36.1 Å². The first-order chi connectivity index (χ1) is 20.8. The second-order valence-corrected chi connectivity index (χ2v) is 14.9. The lowest BCUT2D eigenvalue weighted by molar-refractivity contribution is -0.123. The first-order valence-electron chi connectivity index (χ1n) is 14.2. The molecule has 2 aromatic carbocycles. The van der Waals surface area contributed by atoms with Gasteiger partial charge in [0.05, 0.1) is 22.5 Å². The lowest BCUT2D eigenvalue weighted by Crippen LogP contribution is -2.43. The number of amides is 3. The van der Waals surface area contributed by atoms with E-state index in [4.69, 9.17) is 0 Å². The molecule has 43 heavy (non-hydrogen) atoms. The highest BCUT2D eigenvalue weighted by Crippen LogP contribution is 2.69. The van der Waals surface area contributed by atoms with E-state index in [9.17, 15) is 23.6 Å². The SMILES string of the molecule is Cc1cccc(NC(=O)Cn2c3c(sc2=O)C(c2cccs2)C2C4CC(C2S3)C2C(=O)N(c3ccc(F)cc3)C(=O)C42)c1. The number of rotatable bonds is 5. The van der Waals surface area contributed by atoms with Crippen LogP contribution in [0.3, 0.4) is 0 Å². The molecule has 1 saturated heterocycles. The Morgan fingerprint density at radius 1 is 1.00 bits per heavy atom. The van der Waals surface area contributed by atoms with Crippen molar-refractivity contribution >= 4 is 63.5 Å². The topological polar surface area (TPSA) is 88.5 Å². The van der Waals surface area contributed by atoms with Crippen LogP contribution < -0.4 is 15.1 Å². The predicted octanol–water partition coefficient (Wildman–Crippen LogP) is 5.74. The van der Waals surface area contributed by atoms with Gasteiger partial charge in [-0.25, -0.2) is 4.39 Å². The average molecular weight is 632 g/mol. The molecule has 2 aliphatic heterocycles. The Kier molecular flexibility index (Phi) is 6.29. The third-order valence-corrected chi connectivity index (χ3v) is 13.2. The molecule has 7 unspecified atom stereocenters. The number of hydrogen-bond donors (Lipinski definition) is 1. The van der Waals surface area contributed by atoms with Crippen molar-refractivity contribution in [3.05, 3.63) is 96.8 Å². The smallest absolute Gasteiger partial charge is 0.308 e. The fourth-order valence-electron chi connectivity index (χ4n) is 7.95. The highest BCUT2D eigenvalue weighted by atomic mass is 32.2. The highest BCUT2D eigenvalue weighted by Gasteiger charge is 2.70. The van der Waals surface area contributed by atoms with Gasteiger partial charge < -0.3 is 5.32 Å². The van der Waals surface area contributed by atoms with Gasteiger partial charge in [0.1, 0.15) is 12.4 Å². The second-order valence-electron chi connectivity index (χ2n) is 11.8.